The van der Waals surface area contributed by atoms with E-state index < -0.39 is 77.2 Å². The molecule has 4 rings (SSSR count). The monoisotopic (exact) mass is 559 g/mol. The van der Waals surface area contributed by atoms with Gasteiger partial charge in [0.2, 0.25) is 12.0 Å². The zero-order valence-corrected chi connectivity index (χ0v) is 21.7. The summed E-state index contributed by atoms with van der Waals surface area (Å²) >= 11 is 0. The van der Waals surface area contributed by atoms with Gasteiger partial charge in [-0.25, -0.2) is 4.79 Å². The van der Waals surface area contributed by atoms with E-state index in [-0.39, 0.29) is 16.7 Å². The summed E-state index contributed by atoms with van der Waals surface area (Å²) in [5.41, 5.74) is -0.288. The molecule has 13 nitrogen and oxygen atoms in total. The minimum Gasteiger partial charge on any atom is -0.504 e. The van der Waals surface area contributed by atoms with Gasteiger partial charge in [0.15, 0.2) is 23.0 Å². The minimum atomic E-state index is -1.95. The molecule has 0 radical (unpaired) electrons. The van der Waals surface area contributed by atoms with Crippen LogP contribution in [0.5, 0.6) is 17.2 Å². The first-order valence-electron chi connectivity index (χ1n) is 12.3. The zero-order valence-electron chi connectivity index (χ0n) is 21.7. The van der Waals surface area contributed by atoms with Gasteiger partial charge in [-0.05, 0) is 5.92 Å². The molecule has 1 aliphatic rings. The van der Waals surface area contributed by atoms with Crippen LogP contribution in [0.2, 0.25) is 0 Å². The molecule has 5 unspecified atom stereocenters. The Morgan fingerprint density at radius 3 is 2.27 bits per heavy atom. The quantitative estimate of drug-likeness (QED) is 0.172. The van der Waals surface area contributed by atoms with Gasteiger partial charge < -0.3 is 49.5 Å². The summed E-state index contributed by atoms with van der Waals surface area (Å²) in [5, 5.41) is 54.4. The van der Waals surface area contributed by atoms with E-state index in [9.17, 15) is 39.9 Å². The number of aliphatic hydroxyl groups excluding tert-OH is 3. The molecule has 0 spiro atoms. The smallest absolute Gasteiger partial charge is 0.328 e. The first kappa shape index (κ1) is 28.8. The van der Waals surface area contributed by atoms with Crippen LogP contribution in [0.3, 0.4) is 0 Å². The second kappa shape index (κ2) is 11.5. The van der Waals surface area contributed by atoms with Gasteiger partial charge >= 0.3 is 5.97 Å². The normalized spacial score (nSPS) is 23.5. The Bertz CT molecular complexity index is 1450. The summed E-state index contributed by atoms with van der Waals surface area (Å²) in [4.78, 5) is 37.7. The number of carbonyl (C=O) groups is 2. The Hall–Kier alpha value is -4.17. The summed E-state index contributed by atoms with van der Waals surface area (Å²) in [6.45, 7) is 3.28. The first-order chi connectivity index (χ1) is 18.9. The number of esters is 1. The molecule has 1 fully saturated rings. The summed E-state index contributed by atoms with van der Waals surface area (Å²) < 4.78 is 21.4. The lowest BCUT2D eigenvalue weighted by molar-refractivity contribution is -0.267. The minimum absolute atomic E-state index is 0.156. The van der Waals surface area contributed by atoms with E-state index in [1.807, 2.05) is 0 Å². The highest BCUT2D eigenvalue weighted by Gasteiger charge is 2.49. The second-order valence-electron chi connectivity index (χ2n) is 9.55. The van der Waals surface area contributed by atoms with E-state index in [2.05, 4.69) is 10.1 Å². The average Bonchev–Trinajstić information content (AvgIpc) is 2.93. The molecule has 6 atom stereocenters. The van der Waals surface area contributed by atoms with E-state index in [0.29, 0.717) is 5.56 Å². The number of hydrogen-bond acceptors (Lipinski definition) is 12. The fourth-order valence-corrected chi connectivity index (χ4v) is 4.25. The maximum atomic E-state index is 12.9. The Morgan fingerprint density at radius 2 is 1.65 bits per heavy atom. The highest BCUT2D eigenvalue weighted by atomic mass is 16.7. The van der Waals surface area contributed by atoms with Crippen molar-refractivity contribution in [2.75, 3.05) is 7.11 Å². The predicted molar refractivity (Wildman–Crippen MR) is 137 cm³/mol. The third kappa shape index (κ3) is 5.45. The SMILES string of the molecule is COC(=O)[C@@H](NC(=O)C1OC(Oc2cc3oc(-c4ccccc4)cc(=O)c3c(O)c2O)C(O)C(O)C1O)C(C)C. The molecular weight excluding hydrogens is 530 g/mol. The van der Waals surface area contributed by atoms with Crippen molar-refractivity contribution < 1.29 is 53.7 Å². The van der Waals surface area contributed by atoms with Crippen molar-refractivity contribution in [3.8, 4) is 28.6 Å². The highest BCUT2D eigenvalue weighted by molar-refractivity contribution is 5.89. The topological polar surface area (TPSA) is 205 Å². The van der Waals surface area contributed by atoms with Crippen LogP contribution in [-0.4, -0.2) is 81.3 Å². The molecule has 1 amide bonds. The molecule has 1 saturated heterocycles. The van der Waals surface area contributed by atoms with Crippen molar-refractivity contribution in [2.24, 2.45) is 5.92 Å². The summed E-state index contributed by atoms with van der Waals surface area (Å²) in [6, 6.07) is 9.70. The Labute approximate surface area is 227 Å². The fraction of sp³-hybridized carbons (Fsp3) is 0.370. The van der Waals surface area contributed by atoms with Crippen LogP contribution < -0.4 is 15.5 Å². The zero-order chi connectivity index (χ0) is 29.3. The number of phenolic OH excluding ortho intramolecular Hbond substituents is 2. The summed E-state index contributed by atoms with van der Waals surface area (Å²) in [5.74, 6) is -4.33. The number of aliphatic hydroxyl groups is 3. The number of rotatable bonds is 7. The molecule has 6 N–H and O–H groups in total. The molecule has 40 heavy (non-hydrogen) atoms. The van der Waals surface area contributed by atoms with Crippen molar-refractivity contribution >= 4 is 22.8 Å². The Kier molecular flexibility index (Phi) is 8.30. The highest BCUT2D eigenvalue weighted by Crippen LogP contribution is 2.42. The number of carbonyl (C=O) groups excluding carboxylic acids is 2. The van der Waals surface area contributed by atoms with E-state index in [4.69, 9.17) is 13.9 Å². The second-order valence-corrected chi connectivity index (χ2v) is 9.55. The molecular formula is C27H29NO12. The molecule has 0 bridgehead atoms. The summed E-state index contributed by atoms with van der Waals surface area (Å²) in [6.07, 6.45) is -9.50. The fourth-order valence-electron chi connectivity index (χ4n) is 4.25. The van der Waals surface area contributed by atoms with Gasteiger partial charge in [0.1, 0.15) is 41.1 Å². The van der Waals surface area contributed by atoms with Crippen molar-refractivity contribution in [3.05, 3.63) is 52.7 Å². The Morgan fingerprint density at radius 1 is 0.975 bits per heavy atom. The van der Waals surface area contributed by atoms with Crippen molar-refractivity contribution in [1.29, 1.82) is 0 Å². The molecule has 214 valence electrons. The summed E-state index contributed by atoms with van der Waals surface area (Å²) in [7, 11) is 1.14. The number of amides is 1. The third-order valence-corrected chi connectivity index (χ3v) is 6.48. The molecule has 13 heteroatoms. The van der Waals surface area contributed by atoms with Gasteiger partial charge in [-0.3, -0.25) is 9.59 Å². The maximum Gasteiger partial charge on any atom is 0.328 e. The third-order valence-electron chi connectivity index (χ3n) is 6.48. The van der Waals surface area contributed by atoms with Crippen LogP contribution in [0.4, 0.5) is 0 Å². The number of hydrogen-bond donors (Lipinski definition) is 6. The standard InChI is InChI=1S/C27H29NO12/c1-11(2)18(26(36)37-3)28-25(35)24-22(33)21(32)23(34)27(40-24)39-16-10-15-17(20(31)19(16)30)13(29)9-14(38-15)12-7-5-4-6-8-12/h4-11,18,21-24,27,30-34H,1-3H3,(H,28,35)/t18-,21?,22?,23?,24?,27?/m0/s1. The molecule has 1 aromatic heterocycles. The lowest BCUT2D eigenvalue weighted by Gasteiger charge is -2.39. The van der Waals surface area contributed by atoms with Crippen molar-refractivity contribution in [3.63, 3.8) is 0 Å². The molecule has 0 aliphatic carbocycles. The van der Waals surface area contributed by atoms with Gasteiger partial charge in [0, 0.05) is 17.7 Å². The van der Waals surface area contributed by atoms with Crippen LogP contribution in [-0.2, 0) is 19.1 Å². The molecule has 0 saturated carbocycles. The Balaban J connectivity index is 1.66. The number of ether oxygens (including phenoxy) is 3. The van der Waals surface area contributed by atoms with E-state index in [0.717, 1.165) is 19.2 Å². The number of phenols is 2. The van der Waals surface area contributed by atoms with Gasteiger partial charge in [0.05, 0.1) is 7.11 Å². The lowest BCUT2D eigenvalue weighted by atomic mass is 9.97. The van der Waals surface area contributed by atoms with Crippen LogP contribution in [0.1, 0.15) is 13.8 Å². The van der Waals surface area contributed by atoms with Gasteiger partial charge in [-0.2, -0.15) is 0 Å². The van der Waals surface area contributed by atoms with Crippen LogP contribution in [0.15, 0.2) is 51.7 Å². The largest absolute Gasteiger partial charge is 0.504 e. The first-order valence-corrected chi connectivity index (χ1v) is 12.3. The predicted octanol–water partition coefficient (Wildman–Crippen LogP) is 0.371. The van der Waals surface area contributed by atoms with Gasteiger partial charge in [-0.1, -0.05) is 44.2 Å². The van der Waals surface area contributed by atoms with E-state index in [1.54, 1.807) is 44.2 Å². The maximum absolute atomic E-state index is 12.9. The number of fused-ring (bicyclic) bond motifs is 1. The molecule has 3 aromatic rings. The van der Waals surface area contributed by atoms with Crippen molar-refractivity contribution in [2.45, 2.75) is 50.6 Å². The van der Waals surface area contributed by atoms with E-state index >= 15 is 0 Å². The van der Waals surface area contributed by atoms with Crippen molar-refractivity contribution in [1.82, 2.24) is 5.32 Å². The number of benzene rings is 2. The molecule has 2 heterocycles. The van der Waals surface area contributed by atoms with E-state index in [1.165, 1.54) is 0 Å². The van der Waals surface area contributed by atoms with Gasteiger partial charge in [-0.15, -0.1) is 0 Å². The average molecular weight is 560 g/mol. The number of methoxy groups -OCH3 is 1. The van der Waals surface area contributed by atoms with Crippen LogP contribution in [0.25, 0.3) is 22.3 Å². The molecule has 1 aliphatic heterocycles. The van der Waals surface area contributed by atoms with Crippen LogP contribution >= 0.6 is 0 Å². The van der Waals surface area contributed by atoms with Crippen LogP contribution in [0, 0.1) is 5.92 Å². The molecule has 2 aromatic carbocycles. The number of aromatic hydroxyl groups is 2. The van der Waals surface area contributed by atoms with Gasteiger partial charge in [0.25, 0.3) is 5.91 Å². The lowest BCUT2D eigenvalue weighted by Crippen LogP contribution is -2.64. The number of nitrogens with one attached hydrogen (secondary N) is 1.